The van der Waals surface area contributed by atoms with Crippen molar-refractivity contribution < 1.29 is 0 Å². The van der Waals surface area contributed by atoms with Crippen molar-refractivity contribution in [3.8, 4) is 0 Å². The summed E-state index contributed by atoms with van der Waals surface area (Å²) in [5, 5.41) is 12.2. The molecule has 8 heteroatoms. The third kappa shape index (κ3) is 5.48. The van der Waals surface area contributed by atoms with Gasteiger partial charge in [0.1, 0.15) is 0 Å². The molecule has 0 radical (unpaired) electrons. The molecule has 1 N–H and O–H groups in total. The monoisotopic (exact) mass is 384 g/mol. The molecule has 1 fully saturated rings. The number of hydrogen-bond donors (Lipinski definition) is 1. The molecule has 1 unspecified atom stereocenters. The summed E-state index contributed by atoms with van der Waals surface area (Å²) in [5.74, 6) is 0.718. The molecule has 0 spiro atoms. The van der Waals surface area contributed by atoms with E-state index in [4.69, 9.17) is 0 Å². The third-order valence-corrected chi connectivity index (χ3v) is 5.42. The zero-order valence-corrected chi connectivity index (χ0v) is 17.2. The first-order valence-corrected chi connectivity index (χ1v) is 9.53. The van der Waals surface area contributed by atoms with Gasteiger partial charge in [-0.05, 0) is 53.1 Å². The Bertz CT molecular complexity index is 656. The summed E-state index contributed by atoms with van der Waals surface area (Å²) >= 11 is 1.75. The molecule has 0 saturated carbocycles. The molecule has 0 aliphatic carbocycles. The first-order valence-electron chi connectivity index (χ1n) is 8.65. The fraction of sp³-hybridized carbons (Fsp3) is 0.706. The van der Waals surface area contributed by atoms with Crippen molar-refractivity contribution in [1.29, 1.82) is 0 Å². The smallest absolute Gasteiger partial charge is 0.0967 e. The highest BCUT2D eigenvalue weighted by Crippen LogP contribution is 2.20. The molecule has 3 rings (SSSR count). The Hall–Kier alpha value is -1.02. The Labute approximate surface area is 160 Å². The predicted octanol–water partition coefficient (Wildman–Crippen LogP) is 2.83. The fourth-order valence-electron chi connectivity index (χ4n) is 3.03. The van der Waals surface area contributed by atoms with Crippen molar-refractivity contribution >= 4 is 23.7 Å². The van der Waals surface area contributed by atoms with E-state index in [2.05, 4.69) is 59.4 Å². The number of nitrogens with zero attached hydrogens (tertiary/aromatic N) is 5. The summed E-state index contributed by atoms with van der Waals surface area (Å²) in [6.45, 7) is 13.7. The molecule has 1 saturated heterocycles. The number of halogens is 1. The molecule has 2 aromatic heterocycles. The van der Waals surface area contributed by atoms with Gasteiger partial charge in [0, 0.05) is 24.5 Å². The maximum atomic E-state index is 4.39. The Kier molecular flexibility index (Phi) is 6.96. The van der Waals surface area contributed by atoms with Crippen LogP contribution in [0.2, 0.25) is 0 Å². The van der Waals surface area contributed by atoms with Crippen LogP contribution in [0.1, 0.15) is 43.5 Å². The van der Waals surface area contributed by atoms with E-state index in [0.29, 0.717) is 0 Å². The molecule has 0 amide bonds. The van der Waals surface area contributed by atoms with E-state index in [9.17, 15) is 0 Å². The fourth-order valence-corrected chi connectivity index (χ4v) is 3.85. The minimum Gasteiger partial charge on any atom is -0.316 e. The van der Waals surface area contributed by atoms with Gasteiger partial charge in [-0.3, -0.25) is 4.90 Å². The molecular weight excluding hydrogens is 356 g/mol. The number of hydrogen-bond acceptors (Lipinski definition) is 6. The second kappa shape index (κ2) is 8.58. The average molecular weight is 385 g/mol. The first-order chi connectivity index (χ1) is 11.4. The average Bonchev–Trinajstić information content (AvgIpc) is 3.22. The van der Waals surface area contributed by atoms with Crippen molar-refractivity contribution in [3.05, 3.63) is 28.0 Å². The van der Waals surface area contributed by atoms with Gasteiger partial charge in [0.05, 0.1) is 28.6 Å². The first kappa shape index (κ1) is 20.3. The summed E-state index contributed by atoms with van der Waals surface area (Å²) < 4.78 is 1.95. The van der Waals surface area contributed by atoms with Crippen LogP contribution in [0.15, 0.2) is 11.7 Å². The molecule has 140 valence electrons. The molecule has 3 heterocycles. The number of aromatic nitrogens is 4. The summed E-state index contributed by atoms with van der Waals surface area (Å²) in [4.78, 5) is 8.24. The lowest BCUT2D eigenvalue weighted by atomic mass is 10.1. The van der Waals surface area contributed by atoms with Crippen LogP contribution in [-0.2, 0) is 18.6 Å². The van der Waals surface area contributed by atoms with Gasteiger partial charge in [0.15, 0.2) is 0 Å². The SMILES string of the molecule is Cc1ncsc1CN(Cc1cn(C(C)(C)C)nn1)CC1CCNC1.Cl. The van der Waals surface area contributed by atoms with Crippen molar-refractivity contribution in [2.45, 2.75) is 52.7 Å². The van der Waals surface area contributed by atoms with Crippen LogP contribution in [0.5, 0.6) is 0 Å². The number of aryl methyl sites for hydroxylation is 1. The Balaban J connectivity index is 0.00000225. The number of nitrogens with one attached hydrogen (secondary N) is 1. The molecule has 0 aromatic carbocycles. The summed E-state index contributed by atoms with van der Waals surface area (Å²) in [6.07, 6.45) is 3.34. The minimum atomic E-state index is -0.0281. The second-order valence-electron chi connectivity index (χ2n) is 7.71. The Morgan fingerprint density at radius 2 is 2.16 bits per heavy atom. The van der Waals surface area contributed by atoms with Crippen molar-refractivity contribution in [3.63, 3.8) is 0 Å². The van der Waals surface area contributed by atoms with E-state index in [1.165, 1.54) is 11.3 Å². The third-order valence-electron chi connectivity index (χ3n) is 4.50. The van der Waals surface area contributed by atoms with Gasteiger partial charge in [0.25, 0.3) is 0 Å². The largest absolute Gasteiger partial charge is 0.316 e. The molecule has 25 heavy (non-hydrogen) atoms. The lowest BCUT2D eigenvalue weighted by Crippen LogP contribution is -2.30. The van der Waals surface area contributed by atoms with Gasteiger partial charge < -0.3 is 5.32 Å². The highest BCUT2D eigenvalue weighted by Gasteiger charge is 2.21. The van der Waals surface area contributed by atoms with E-state index < -0.39 is 0 Å². The maximum absolute atomic E-state index is 4.39. The van der Waals surface area contributed by atoms with Gasteiger partial charge in [-0.25, -0.2) is 9.67 Å². The van der Waals surface area contributed by atoms with E-state index in [1.54, 1.807) is 11.3 Å². The van der Waals surface area contributed by atoms with Gasteiger partial charge in [-0.15, -0.1) is 28.8 Å². The van der Waals surface area contributed by atoms with Crippen LogP contribution >= 0.6 is 23.7 Å². The molecule has 1 aliphatic rings. The van der Waals surface area contributed by atoms with Crippen LogP contribution in [0.3, 0.4) is 0 Å². The van der Waals surface area contributed by atoms with Crippen LogP contribution in [0, 0.1) is 12.8 Å². The van der Waals surface area contributed by atoms with Gasteiger partial charge in [0.2, 0.25) is 0 Å². The predicted molar refractivity (Wildman–Crippen MR) is 104 cm³/mol. The zero-order valence-electron chi connectivity index (χ0n) is 15.5. The maximum Gasteiger partial charge on any atom is 0.0967 e. The van der Waals surface area contributed by atoms with Crippen molar-refractivity contribution in [1.82, 2.24) is 30.2 Å². The van der Waals surface area contributed by atoms with Crippen LogP contribution in [0.25, 0.3) is 0 Å². The van der Waals surface area contributed by atoms with Crippen molar-refractivity contribution in [2.75, 3.05) is 19.6 Å². The molecule has 0 bridgehead atoms. The van der Waals surface area contributed by atoms with Gasteiger partial charge >= 0.3 is 0 Å². The molecule has 2 aromatic rings. The van der Waals surface area contributed by atoms with Crippen LogP contribution < -0.4 is 5.32 Å². The van der Waals surface area contributed by atoms with E-state index >= 15 is 0 Å². The normalized spacial score (nSPS) is 17.9. The lowest BCUT2D eigenvalue weighted by molar-refractivity contribution is 0.219. The quantitative estimate of drug-likeness (QED) is 0.829. The number of rotatable bonds is 6. The van der Waals surface area contributed by atoms with Crippen LogP contribution in [0.4, 0.5) is 0 Å². The van der Waals surface area contributed by atoms with E-state index in [0.717, 1.165) is 50.0 Å². The molecule has 6 nitrogen and oxygen atoms in total. The highest BCUT2D eigenvalue weighted by molar-refractivity contribution is 7.09. The van der Waals surface area contributed by atoms with Crippen molar-refractivity contribution in [2.24, 2.45) is 5.92 Å². The highest BCUT2D eigenvalue weighted by atomic mass is 35.5. The lowest BCUT2D eigenvalue weighted by Gasteiger charge is -2.24. The molecular formula is C17H29ClN6S. The van der Waals surface area contributed by atoms with E-state index in [-0.39, 0.29) is 17.9 Å². The van der Waals surface area contributed by atoms with E-state index in [1.807, 2.05) is 10.2 Å². The topological polar surface area (TPSA) is 58.9 Å². The second-order valence-corrected chi connectivity index (χ2v) is 8.65. The standard InChI is InChI=1S/C17H28N6S.ClH/c1-13-16(24-12-19-13)11-22(8-14-5-6-18-7-14)9-15-10-23(21-20-15)17(2,3)4;/h10,12,14,18H,5-9,11H2,1-4H3;1H. The summed E-state index contributed by atoms with van der Waals surface area (Å²) in [6, 6.07) is 0. The summed E-state index contributed by atoms with van der Waals surface area (Å²) in [5.41, 5.74) is 4.10. The summed E-state index contributed by atoms with van der Waals surface area (Å²) in [7, 11) is 0. The molecule has 1 aliphatic heterocycles. The van der Waals surface area contributed by atoms with Crippen LogP contribution in [-0.4, -0.2) is 44.5 Å². The van der Waals surface area contributed by atoms with Gasteiger partial charge in [-0.2, -0.15) is 0 Å². The zero-order chi connectivity index (χ0) is 17.2. The Morgan fingerprint density at radius 3 is 2.72 bits per heavy atom. The number of thiazole rings is 1. The molecule has 1 atom stereocenters. The minimum absolute atomic E-state index is 0. The Morgan fingerprint density at radius 1 is 1.36 bits per heavy atom. The van der Waals surface area contributed by atoms with Gasteiger partial charge in [-0.1, -0.05) is 5.21 Å².